The minimum absolute atomic E-state index is 0.0365. The van der Waals surface area contributed by atoms with Crippen molar-refractivity contribution in [2.24, 2.45) is 23.1 Å². The van der Waals surface area contributed by atoms with Crippen LogP contribution in [0.2, 0.25) is 0 Å². The molecule has 0 radical (unpaired) electrons. The van der Waals surface area contributed by atoms with Crippen molar-refractivity contribution in [2.75, 3.05) is 49.8 Å². The molecule has 2 saturated heterocycles. The highest BCUT2D eigenvalue weighted by Crippen LogP contribution is 2.26. The number of aliphatic carboxylic acids is 1. The lowest BCUT2D eigenvalue weighted by Crippen LogP contribution is -2.61. The summed E-state index contributed by atoms with van der Waals surface area (Å²) in [6.07, 6.45) is 0.285. The van der Waals surface area contributed by atoms with Gasteiger partial charge in [0, 0.05) is 37.9 Å². The maximum absolute atomic E-state index is 14.8. The third-order valence-electron chi connectivity index (χ3n) is 12.7. The monoisotopic (exact) mass is 1220 g/mol. The van der Waals surface area contributed by atoms with Gasteiger partial charge in [-0.25, -0.2) is 0 Å². The number of hydrogen-bond acceptors (Lipinski definition) is 19. The van der Waals surface area contributed by atoms with E-state index in [-0.39, 0.29) is 75.3 Å². The van der Waals surface area contributed by atoms with Crippen LogP contribution in [-0.4, -0.2) is 214 Å². The fourth-order valence-electron chi connectivity index (χ4n) is 8.03. The van der Waals surface area contributed by atoms with Gasteiger partial charge in [-0.15, -0.1) is 0 Å². The van der Waals surface area contributed by atoms with Crippen molar-refractivity contribution < 1.29 is 77.3 Å². The van der Waals surface area contributed by atoms with Crippen LogP contribution in [0.4, 0.5) is 0 Å². The predicted molar refractivity (Wildman–Crippen MR) is 300 cm³/mol. The Balaban J connectivity index is 2.76. The molecule has 13 amide bonds. The molecule has 0 spiro atoms. The van der Waals surface area contributed by atoms with E-state index in [2.05, 4.69) is 58.5 Å². The summed E-state index contributed by atoms with van der Waals surface area (Å²) in [5.41, 5.74) is 16.4. The van der Waals surface area contributed by atoms with Crippen molar-refractivity contribution in [3.8, 4) is 0 Å². The first-order chi connectivity index (χ1) is 38.6. The Bertz CT molecular complexity index is 2340. The number of rotatable bonds is 21. The number of carbonyl (C=O) groups is 14. The molecule has 2 fully saturated rings. The van der Waals surface area contributed by atoms with Gasteiger partial charge >= 0.3 is 5.97 Å². The minimum atomic E-state index is -1.83. The molecule has 2 heterocycles. The lowest BCUT2D eigenvalue weighted by Gasteiger charge is -2.31. The SMILES string of the molecule is CC[C@H](C)[C@@H]1NC(=O)[C@H](CC(=O)O)NC(=O)[C@H](CCSC)NC(=O)[C@@H]2CCCN2C(=O)[C@@H](NC(=O)[C@H](CCCNC(=N)N)NC(=O)[C@H](CO)NC(C)=O)CSSC[C@@H](C(N)=O)NC(=O)[C@H](CCC(N)=O)NC(=O)CNC(=O)[C@H](C)NC1=O. The molecule has 0 saturated carbocycles. The molecule has 20 N–H and O–H groups in total. The number of nitrogens with two attached hydrogens (primary N) is 3. The quantitative estimate of drug-likeness (QED) is 0.0220. The molecule has 2 aliphatic rings. The van der Waals surface area contributed by atoms with Gasteiger partial charge in [0.1, 0.15) is 60.4 Å². The first-order valence-electron chi connectivity index (χ1n) is 26.1. The number of carboxylic acids is 1. The van der Waals surface area contributed by atoms with Gasteiger partial charge in [-0.05, 0) is 63.4 Å². The van der Waals surface area contributed by atoms with Crippen LogP contribution >= 0.6 is 33.3 Å². The van der Waals surface area contributed by atoms with Gasteiger partial charge in [-0.2, -0.15) is 11.8 Å². The first kappa shape index (κ1) is 71.0. The van der Waals surface area contributed by atoms with Crippen LogP contribution in [-0.2, 0) is 67.1 Å². The van der Waals surface area contributed by atoms with Gasteiger partial charge in [0.05, 0.1) is 19.6 Å². The summed E-state index contributed by atoms with van der Waals surface area (Å²) in [6, 6.07) is -14.9. The van der Waals surface area contributed by atoms with Crippen molar-refractivity contribution in [1.82, 2.24) is 63.4 Å². The number of aliphatic hydroxyl groups is 1. The van der Waals surface area contributed by atoms with E-state index in [0.29, 0.717) is 0 Å². The molecule has 460 valence electrons. The summed E-state index contributed by atoms with van der Waals surface area (Å²) >= 11 is 1.28. The van der Waals surface area contributed by atoms with Gasteiger partial charge in [-0.3, -0.25) is 72.5 Å². The highest BCUT2D eigenvalue weighted by molar-refractivity contribution is 8.76. The van der Waals surface area contributed by atoms with Crippen LogP contribution in [0.3, 0.4) is 0 Å². The highest BCUT2D eigenvalue weighted by atomic mass is 33.1. The van der Waals surface area contributed by atoms with Crippen molar-refractivity contribution in [2.45, 2.75) is 146 Å². The molecular weight excluding hydrogens is 1140 g/mol. The lowest BCUT2D eigenvalue weighted by molar-refractivity contribution is -0.143. The van der Waals surface area contributed by atoms with Crippen LogP contribution in [0.1, 0.15) is 85.5 Å². The lowest BCUT2D eigenvalue weighted by atomic mass is 9.97. The van der Waals surface area contributed by atoms with Crippen LogP contribution in [0.15, 0.2) is 0 Å². The average Bonchev–Trinajstić information content (AvgIpc) is 3.91. The van der Waals surface area contributed by atoms with Gasteiger partial charge in [-0.1, -0.05) is 41.9 Å². The maximum Gasteiger partial charge on any atom is 0.305 e. The van der Waals surface area contributed by atoms with Gasteiger partial charge < -0.3 is 90.8 Å². The third-order valence-corrected chi connectivity index (χ3v) is 15.8. The van der Waals surface area contributed by atoms with E-state index in [0.717, 1.165) is 33.4 Å². The smallest absolute Gasteiger partial charge is 0.305 e. The van der Waals surface area contributed by atoms with Crippen LogP contribution in [0.5, 0.6) is 0 Å². The second-order valence-corrected chi connectivity index (χ2v) is 22.7. The molecule has 82 heavy (non-hydrogen) atoms. The molecule has 2 rings (SSSR count). The van der Waals surface area contributed by atoms with E-state index in [1.54, 1.807) is 20.1 Å². The van der Waals surface area contributed by atoms with Crippen LogP contribution < -0.4 is 75.7 Å². The molecule has 11 atom stereocenters. The molecule has 0 aliphatic carbocycles. The van der Waals surface area contributed by atoms with E-state index < -0.39 is 181 Å². The molecule has 0 aromatic rings. The maximum atomic E-state index is 14.8. The number of nitrogens with zero attached hydrogens (tertiary/aromatic N) is 1. The Morgan fingerprint density at radius 3 is 2.04 bits per heavy atom. The molecule has 0 bridgehead atoms. The summed E-state index contributed by atoms with van der Waals surface area (Å²) in [6.45, 7) is 3.91. The molecular formula is C47H78N16O16S3. The average molecular weight is 1220 g/mol. The van der Waals surface area contributed by atoms with E-state index in [9.17, 15) is 77.3 Å². The number of primary amides is 2. The molecule has 32 nitrogen and oxygen atoms in total. The Morgan fingerprint density at radius 1 is 0.805 bits per heavy atom. The largest absolute Gasteiger partial charge is 0.481 e. The zero-order valence-electron chi connectivity index (χ0n) is 46.2. The van der Waals surface area contributed by atoms with E-state index in [1.165, 1.54) is 18.7 Å². The standard InChI is InChI=1S/C47H78N16O16S3/c1-6-22(2)36-45(78)54-23(3)38(71)53-18-34(67)56-26(11-12-33(48)66)40(73)60-30(37(49)70)20-81-82-21-31(61-39(72)25(9-7-14-52-47(50)51)57-43(76)29(19-64)55-24(4)65)46(79)63-15-8-10-32(63)44(77)58-27(13-16-80-5)41(74)59-28(17-35(68)69)42(75)62-36/h22-23,25-32,36,64H,6-21H2,1-5H3,(H2,48,66)(H2,49,70)(H,53,71)(H,54,78)(H,55,65)(H,56,67)(H,57,76)(H,58,77)(H,59,74)(H,60,73)(H,61,72)(H,62,75)(H,68,69)(H4,50,51,52)/t22-,23-,25-,26-,27-,28-,29-,30-,31-,32-,36-/m0/s1. The van der Waals surface area contributed by atoms with Crippen molar-refractivity contribution >= 4 is 122 Å². The number of nitrogens with one attached hydrogen (secondary N) is 12. The van der Waals surface area contributed by atoms with Crippen molar-refractivity contribution in [3.63, 3.8) is 0 Å². The predicted octanol–water partition coefficient (Wildman–Crippen LogP) is -6.83. The fraction of sp³-hybridized carbons (Fsp3) is 0.681. The zero-order chi connectivity index (χ0) is 61.8. The normalized spacial score (nSPS) is 24.4. The summed E-state index contributed by atoms with van der Waals surface area (Å²) in [4.78, 5) is 188. The summed E-state index contributed by atoms with van der Waals surface area (Å²) in [5.74, 6) is -15.2. The number of aliphatic hydroxyl groups excluding tert-OH is 1. The van der Waals surface area contributed by atoms with E-state index >= 15 is 0 Å². The molecule has 35 heteroatoms. The number of hydrogen-bond donors (Lipinski definition) is 17. The Kier molecular flexibility index (Phi) is 31.5. The number of carbonyl (C=O) groups excluding carboxylic acids is 13. The summed E-state index contributed by atoms with van der Waals surface area (Å²) in [5, 5.41) is 54.0. The van der Waals surface area contributed by atoms with Gasteiger partial charge in [0.2, 0.25) is 76.8 Å². The number of thioether (sulfide) groups is 1. The number of amides is 13. The van der Waals surface area contributed by atoms with Crippen LogP contribution in [0.25, 0.3) is 0 Å². The first-order valence-corrected chi connectivity index (χ1v) is 30.0. The third kappa shape index (κ3) is 24.9. The number of guanidine groups is 1. The Morgan fingerprint density at radius 2 is 1.44 bits per heavy atom. The van der Waals surface area contributed by atoms with E-state index in [4.69, 9.17) is 22.6 Å². The Labute approximate surface area is 485 Å². The van der Waals surface area contributed by atoms with Crippen molar-refractivity contribution in [1.29, 1.82) is 5.41 Å². The van der Waals surface area contributed by atoms with Crippen LogP contribution in [0, 0.1) is 11.3 Å². The topological polar surface area (TPSA) is 517 Å². The second kappa shape index (κ2) is 36.3. The molecule has 0 aromatic heterocycles. The Hall–Kier alpha value is -7.14. The summed E-state index contributed by atoms with van der Waals surface area (Å²) < 4.78 is 0. The fourth-order valence-corrected chi connectivity index (χ4v) is 10.8. The summed E-state index contributed by atoms with van der Waals surface area (Å²) in [7, 11) is 1.76. The second-order valence-electron chi connectivity index (χ2n) is 19.2. The van der Waals surface area contributed by atoms with Crippen molar-refractivity contribution in [3.05, 3.63) is 0 Å². The molecule has 0 unspecified atom stereocenters. The minimum Gasteiger partial charge on any atom is -0.481 e. The number of carboxylic acid groups (broad SMARTS) is 1. The highest BCUT2D eigenvalue weighted by Gasteiger charge is 2.41. The number of fused-ring (bicyclic) bond motifs is 1. The molecule has 2 aliphatic heterocycles. The van der Waals surface area contributed by atoms with Gasteiger partial charge in [0.25, 0.3) is 0 Å². The molecule has 0 aromatic carbocycles. The van der Waals surface area contributed by atoms with E-state index in [1.807, 2.05) is 0 Å². The zero-order valence-corrected chi connectivity index (χ0v) is 48.6. The van der Waals surface area contributed by atoms with Gasteiger partial charge in [0.15, 0.2) is 5.96 Å².